The summed E-state index contributed by atoms with van der Waals surface area (Å²) in [6, 6.07) is -0.888. The van der Waals surface area contributed by atoms with Crippen LogP contribution in [0.4, 0.5) is 0 Å². The number of Topliss-reactive ketones (excluding diaryl/α,β-unsaturated/α-hetero) is 1. The lowest BCUT2D eigenvalue weighted by atomic mass is 9.88. The molecule has 0 saturated carbocycles. The summed E-state index contributed by atoms with van der Waals surface area (Å²) in [7, 11) is 0. The Hall–Kier alpha value is -1.16. The number of carbonyl (C=O) groups is 3. The van der Waals surface area contributed by atoms with E-state index in [1.807, 2.05) is 6.26 Å². The van der Waals surface area contributed by atoms with Gasteiger partial charge in [0.2, 0.25) is 5.91 Å². The number of aliphatic carboxylic acids is 1. The number of hydrogen-bond acceptors (Lipinski definition) is 7. The second-order valence-electron chi connectivity index (χ2n) is 6.91. The zero-order valence-corrected chi connectivity index (χ0v) is 16.7. The Morgan fingerprint density at radius 3 is 2.42 bits per heavy atom. The van der Waals surface area contributed by atoms with Gasteiger partial charge in [-0.05, 0) is 20.1 Å². The summed E-state index contributed by atoms with van der Waals surface area (Å²) >= 11 is 1.53. The highest BCUT2D eigenvalue weighted by atomic mass is 32.2. The molecule has 1 fully saturated rings. The molecule has 1 aliphatic rings. The lowest BCUT2D eigenvalue weighted by molar-refractivity contribution is -0.304. The quantitative estimate of drug-likeness (QED) is 0.528. The van der Waals surface area contributed by atoms with E-state index in [4.69, 9.17) is 9.47 Å². The Balaban J connectivity index is 3.11. The predicted octanol–water partition coefficient (Wildman–Crippen LogP) is 0.805. The van der Waals surface area contributed by atoms with E-state index in [-0.39, 0.29) is 24.5 Å². The van der Waals surface area contributed by atoms with Gasteiger partial charge in [0, 0.05) is 31.4 Å². The monoisotopic (exact) mass is 391 g/mol. The maximum atomic E-state index is 12.5. The van der Waals surface area contributed by atoms with E-state index in [2.05, 4.69) is 5.32 Å². The van der Waals surface area contributed by atoms with Crippen molar-refractivity contribution in [2.24, 2.45) is 5.92 Å². The predicted molar refractivity (Wildman–Crippen MR) is 96.9 cm³/mol. The van der Waals surface area contributed by atoms with E-state index < -0.39 is 42.0 Å². The van der Waals surface area contributed by atoms with Crippen LogP contribution in [-0.4, -0.2) is 70.0 Å². The van der Waals surface area contributed by atoms with E-state index in [1.165, 1.54) is 18.7 Å². The summed E-state index contributed by atoms with van der Waals surface area (Å²) in [5, 5.41) is 22.7. The van der Waals surface area contributed by atoms with Crippen LogP contribution in [0.2, 0.25) is 0 Å². The first-order chi connectivity index (χ1) is 12.0. The zero-order chi connectivity index (χ0) is 20.1. The van der Waals surface area contributed by atoms with Gasteiger partial charge in [-0.2, -0.15) is 11.8 Å². The maximum Gasteiger partial charge on any atom is 0.364 e. The molecule has 1 aliphatic heterocycles. The van der Waals surface area contributed by atoms with Crippen LogP contribution >= 0.6 is 11.8 Å². The van der Waals surface area contributed by atoms with Crippen LogP contribution in [0.5, 0.6) is 0 Å². The molecule has 26 heavy (non-hydrogen) atoms. The summed E-state index contributed by atoms with van der Waals surface area (Å²) in [6.07, 6.45) is -1.29. The third-order valence-electron chi connectivity index (χ3n) is 4.13. The van der Waals surface area contributed by atoms with Crippen molar-refractivity contribution >= 4 is 29.4 Å². The molecule has 0 radical (unpaired) electrons. The molecular weight excluding hydrogens is 362 g/mol. The first-order valence-electron chi connectivity index (χ1n) is 8.58. The SMILES string of the molecule is CSCC(C)C(=O)CC1OC(OC(C)C)(C(=O)O)CC(O)C1NC(C)=O. The van der Waals surface area contributed by atoms with Gasteiger partial charge in [0.05, 0.1) is 24.4 Å². The van der Waals surface area contributed by atoms with Gasteiger partial charge in [-0.3, -0.25) is 9.59 Å². The molecule has 0 spiro atoms. The Kier molecular flexibility index (Phi) is 8.52. The standard InChI is InChI=1S/C17H29NO7S/c1-9(2)24-17(16(22)23)7-13(21)15(18-11(4)19)14(25-17)6-12(20)10(3)8-26-5/h9-10,13-15,21H,6-8H2,1-5H3,(H,18,19)(H,22,23). The molecule has 5 atom stereocenters. The molecule has 5 unspecified atom stereocenters. The minimum atomic E-state index is -2.06. The Bertz CT molecular complexity index is 527. The molecule has 8 nitrogen and oxygen atoms in total. The van der Waals surface area contributed by atoms with Gasteiger partial charge in [0.1, 0.15) is 5.78 Å². The van der Waals surface area contributed by atoms with Crippen LogP contribution in [0.1, 0.15) is 40.5 Å². The Labute approximate surface area is 158 Å². The lowest BCUT2D eigenvalue weighted by Crippen LogP contribution is -2.64. The number of ether oxygens (including phenoxy) is 2. The molecule has 0 aromatic heterocycles. The van der Waals surface area contributed by atoms with Gasteiger partial charge >= 0.3 is 5.97 Å². The number of carboxylic acids is 1. The van der Waals surface area contributed by atoms with E-state index in [0.717, 1.165) is 0 Å². The molecular formula is C17H29NO7S. The smallest absolute Gasteiger partial charge is 0.364 e. The number of rotatable bonds is 9. The molecule has 9 heteroatoms. The third kappa shape index (κ3) is 5.94. The maximum absolute atomic E-state index is 12.5. The average molecular weight is 391 g/mol. The molecule has 0 aliphatic carbocycles. The van der Waals surface area contributed by atoms with Crippen LogP contribution < -0.4 is 5.32 Å². The van der Waals surface area contributed by atoms with Gasteiger partial charge in [-0.1, -0.05) is 6.92 Å². The van der Waals surface area contributed by atoms with Crippen molar-refractivity contribution in [3.63, 3.8) is 0 Å². The minimum absolute atomic E-state index is 0.125. The highest BCUT2D eigenvalue weighted by Gasteiger charge is 2.54. The van der Waals surface area contributed by atoms with Crippen molar-refractivity contribution in [1.82, 2.24) is 5.32 Å². The number of carbonyl (C=O) groups excluding carboxylic acids is 2. The molecule has 150 valence electrons. The molecule has 1 saturated heterocycles. The highest BCUT2D eigenvalue weighted by molar-refractivity contribution is 7.98. The highest BCUT2D eigenvalue weighted by Crippen LogP contribution is 2.34. The van der Waals surface area contributed by atoms with Crippen LogP contribution in [0.15, 0.2) is 0 Å². The fraction of sp³-hybridized carbons (Fsp3) is 0.824. The van der Waals surface area contributed by atoms with Crippen molar-refractivity contribution in [2.45, 2.75) is 70.7 Å². The van der Waals surface area contributed by atoms with Gasteiger partial charge < -0.3 is 25.0 Å². The fourth-order valence-corrected chi connectivity index (χ4v) is 3.68. The molecule has 0 aromatic rings. The topological polar surface area (TPSA) is 122 Å². The zero-order valence-electron chi connectivity index (χ0n) is 15.9. The van der Waals surface area contributed by atoms with E-state index in [9.17, 15) is 24.6 Å². The van der Waals surface area contributed by atoms with E-state index in [1.54, 1.807) is 20.8 Å². The van der Waals surface area contributed by atoms with Crippen molar-refractivity contribution < 1.29 is 34.1 Å². The summed E-state index contributed by atoms with van der Waals surface area (Å²) in [4.78, 5) is 35.8. The number of nitrogens with one attached hydrogen (secondary N) is 1. The molecule has 1 heterocycles. The number of hydrogen-bond donors (Lipinski definition) is 3. The van der Waals surface area contributed by atoms with Gasteiger partial charge in [-0.25, -0.2) is 4.79 Å². The number of thioether (sulfide) groups is 1. The largest absolute Gasteiger partial charge is 0.477 e. The molecule has 1 amide bonds. The molecule has 3 N–H and O–H groups in total. The average Bonchev–Trinajstić information content (AvgIpc) is 2.49. The van der Waals surface area contributed by atoms with Crippen LogP contribution in [0.3, 0.4) is 0 Å². The number of carboxylic acid groups (broad SMARTS) is 1. The van der Waals surface area contributed by atoms with Crippen LogP contribution in [0, 0.1) is 5.92 Å². The summed E-state index contributed by atoms with van der Waals surface area (Å²) in [6.45, 7) is 6.37. The molecule has 0 bridgehead atoms. The summed E-state index contributed by atoms with van der Waals surface area (Å²) < 4.78 is 11.2. The van der Waals surface area contributed by atoms with Crippen molar-refractivity contribution in [1.29, 1.82) is 0 Å². The Morgan fingerprint density at radius 2 is 1.96 bits per heavy atom. The number of aliphatic hydroxyl groups is 1. The van der Waals surface area contributed by atoms with Gasteiger partial charge in [0.15, 0.2) is 0 Å². The number of amides is 1. The summed E-state index contributed by atoms with van der Waals surface area (Å²) in [5.41, 5.74) is 0. The second kappa shape index (κ2) is 9.68. The fourth-order valence-electron chi connectivity index (χ4n) is 3.00. The van der Waals surface area contributed by atoms with Crippen molar-refractivity contribution in [3.8, 4) is 0 Å². The van der Waals surface area contributed by atoms with Gasteiger partial charge in [-0.15, -0.1) is 0 Å². The number of ketones is 1. The number of aliphatic hydroxyl groups excluding tert-OH is 1. The third-order valence-corrected chi connectivity index (χ3v) is 4.96. The van der Waals surface area contributed by atoms with E-state index in [0.29, 0.717) is 5.75 Å². The first-order valence-corrected chi connectivity index (χ1v) is 9.97. The van der Waals surface area contributed by atoms with Crippen molar-refractivity contribution in [3.05, 3.63) is 0 Å². The summed E-state index contributed by atoms with van der Waals surface area (Å²) in [5.74, 6) is -3.60. The van der Waals surface area contributed by atoms with Crippen molar-refractivity contribution in [2.75, 3.05) is 12.0 Å². The molecule has 1 rings (SSSR count). The normalized spacial score (nSPS) is 30.0. The Morgan fingerprint density at radius 1 is 1.35 bits per heavy atom. The van der Waals surface area contributed by atoms with E-state index >= 15 is 0 Å². The minimum Gasteiger partial charge on any atom is -0.477 e. The lowest BCUT2D eigenvalue weighted by Gasteiger charge is -2.45. The van der Waals surface area contributed by atoms with Crippen LogP contribution in [0.25, 0.3) is 0 Å². The second-order valence-corrected chi connectivity index (χ2v) is 7.82. The van der Waals surface area contributed by atoms with Crippen LogP contribution in [-0.2, 0) is 23.9 Å². The first kappa shape index (κ1) is 22.9. The van der Waals surface area contributed by atoms with Gasteiger partial charge in [0.25, 0.3) is 5.79 Å². The molecule has 0 aromatic carbocycles.